The normalized spacial score (nSPS) is 22.5. The number of hydrogen-bond donors (Lipinski definition) is 8. The first-order valence-electron chi connectivity index (χ1n) is 13.8. The van der Waals surface area contributed by atoms with Gasteiger partial charge in [0, 0.05) is 105 Å². The van der Waals surface area contributed by atoms with Crippen LogP contribution >= 0.6 is 0 Å². The Morgan fingerprint density at radius 2 is 0.514 bits per heavy atom. The third-order valence-corrected chi connectivity index (χ3v) is 6.01. The van der Waals surface area contributed by atoms with Crippen molar-refractivity contribution in [1.29, 1.82) is 0 Å². The average molecular weight is 613 g/mol. The van der Waals surface area contributed by atoms with Crippen molar-refractivity contribution in [3.05, 3.63) is 0 Å². The first-order valence-corrected chi connectivity index (χ1v) is 13.8. The predicted octanol–water partition coefficient (Wildman–Crippen LogP) is -8.63. The van der Waals surface area contributed by atoms with Crippen molar-refractivity contribution in [2.45, 2.75) is 12.8 Å². The minimum Gasteiger partial charge on any atom is -1.00 e. The molecule has 10 nitrogen and oxygen atoms in total. The van der Waals surface area contributed by atoms with E-state index in [9.17, 15) is 0 Å². The maximum absolute atomic E-state index is 3.46. The number of hydrogen-bond acceptors (Lipinski definition) is 10. The monoisotopic (exact) mass is 611 g/mol. The van der Waals surface area contributed by atoms with E-state index in [2.05, 4.69) is 66.4 Å². The quantitative estimate of drug-likeness (QED) is 0.126. The molecule has 0 saturated carbocycles. The van der Waals surface area contributed by atoms with Crippen LogP contribution < -0.4 is 67.3 Å². The molecule has 2 aliphatic rings. The van der Waals surface area contributed by atoms with Crippen LogP contribution in [0.4, 0.5) is 0 Å². The van der Waals surface area contributed by atoms with E-state index in [1.807, 2.05) is 0 Å². The molecule has 225 valence electrons. The molecular formula is C24H58Cl2MnN10. The molecule has 2 fully saturated rings. The van der Waals surface area contributed by atoms with Gasteiger partial charge in [0.2, 0.25) is 0 Å². The predicted molar refractivity (Wildman–Crippen MR) is 147 cm³/mol. The Morgan fingerprint density at radius 3 is 0.730 bits per heavy atom. The molecule has 37 heavy (non-hydrogen) atoms. The van der Waals surface area contributed by atoms with Crippen LogP contribution in [-0.4, -0.2) is 155 Å². The van der Waals surface area contributed by atoms with E-state index < -0.39 is 0 Å². The summed E-state index contributed by atoms with van der Waals surface area (Å²) in [4.78, 5) is 4.74. The minimum absolute atomic E-state index is 0. The summed E-state index contributed by atoms with van der Waals surface area (Å²) < 4.78 is 0. The van der Waals surface area contributed by atoms with Crippen molar-refractivity contribution in [1.82, 2.24) is 52.3 Å². The summed E-state index contributed by atoms with van der Waals surface area (Å²) in [5, 5.41) is 27.6. The van der Waals surface area contributed by atoms with Crippen LogP contribution in [0.1, 0.15) is 12.8 Å². The maximum Gasteiger partial charge on any atom is 2.00 e. The Balaban J connectivity index is -0.000000578. The third kappa shape index (κ3) is 32.8. The summed E-state index contributed by atoms with van der Waals surface area (Å²) in [5.41, 5.74) is 0. The Labute approximate surface area is 251 Å². The van der Waals surface area contributed by atoms with Crippen LogP contribution in [0.2, 0.25) is 0 Å². The van der Waals surface area contributed by atoms with Crippen molar-refractivity contribution in [2.24, 2.45) is 0 Å². The van der Waals surface area contributed by atoms with Gasteiger partial charge in [0.15, 0.2) is 0 Å². The van der Waals surface area contributed by atoms with Crippen LogP contribution in [0.15, 0.2) is 0 Å². The molecule has 0 atom stereocenters. The van der Waals surface area contributed by atoms with E-state index in [0.29, 0.717) is 0 Å². The molecule has 0 amide bonds. The molecule has 2 heterocycles. The fraction of sp³-hybridized carbons (Fsp3) is 1.00. The maximum atomic E-state index is 3.46. The average Bonchev–Trinajstić information content (AvgIpc) is 2.83. The molecule has 0 aromatic carbocycles. The Hall–Kier alpha value is 0.699. The second-order valence-corrected chi connectivity index (χ2v) is 9.31. The summed E-state index contributed by atoms with van der Waals surface area (Å²) in [5.74, 6) is 0. The molecule has 0 aliphatic carbocycles. The first kappa shape index (κ1) is 42.2. The molecule has 13 heteroatoms. The van der Waals surface area contributed by atoms with Crippen molar-refractivity contribution < 1.29 is 41.9 Å². The standard InChI is InChI=1S/2C12H29N5.2ClH.Mn/c2*1-17-11-9-15-7-5-13-3-2-4-14-6-8-16-10-12-17;;;/h2*13-16H,2-12H2,1H3;2*1H;/q;;;;+2/p-2. The largest absolute Gasteiger partial charge is 2.00 e. The van der Waals surface area contributed by atoms with Crippen molar-refractivity contribution in [3.8, 4) is 0 Å². The smallest absolute Gasteiger partial charge is 1.00 e. The SMILES string of the molecule is CN1CCNCCNCCCNCCNCC1.CN1CCNCCNCCCNCCNCC1.[Cl-].[Cl-].[Mn+2]. The summed E-state index contributed by atoms with van der Waals surface area (Å²) in [7, 11) is 4.37. The van der Waals surface area contributed by atoms with Gasteiger partial charge in [-0.15, -0.1) is 0 Å². The molecule has 0 unspecified atom stereocenters. The zero-order valence-corrected chi connectivity index (χ0v) is 26.3. The number of nitrogens with zero attached hydrogens (tertiary/aromatic N) is 2. The summed E-state index contributed by atoms with van der Waals surface area (Å²) in [6, 6.07) is 0. The number of halogens is 2. The summed E-state index contributed by atoms with van der Waals surface area (Å²) >= 11 is 0. The van der Waals surface area contributed by atoms with E-state index in [4.69, 9.17) is 0 Å². The molecule has 1 radical (unpaired) electrons. The zero-order chi connectivity index (χ0) is 24.4. The zero-order valence-electron chi connectivity index (χ0n) is 23.6. The van der Waals surface area contributed by atoms with Gasteiger partial charge in [-0.05, 0) is 53.1 Å². The number of likely N-dealkylation sites (N-methyl/N-ethyl adjacent to an activating group) is 2. The van der Waals surface area contributed by atoms with Crippen LogP contribution in [-0.2, 0) is 17.1 Å². The minimum atomic E-state index is 0. The molecule has 0 spiro atoms. The van der Waals surface area contributed by atoms with Crippen LogP contribution in [0.3, 0.4) is 0 Å². The molecule has 2 rings (SSSR count). The second-order valence-electron chi connectivity index (χ2n) is 9.31. The topological polar surface area (TPSA) is 103 Å². The molecule has 8 N–H and O–H groups in total. The first-order chi connectivity index (χ1) is 16.8. The van der Waals surface area contributed by atoms with E-state index in [1.54, 1.807) is 0 Å². The Kier molecular flexibility index (Phi) is 39.6. The molecule has 0 aromatic heterocycles. The summed E-state index contributed by atoms with van der Waals surface area (Å²) in [6.07, 6.45) is 2.42. The molecule has 0 aromatic rings. The summed E-state index contributed by atoms with van der Waals surface area (Å²) in [6.45, 7) is 21.9. The van der Waals surface area contributed by atoms with E-state index in [1.165, 1.54) is 12.8 Å². The van der Waals surface area contributed by atoms with Gasteiger partial charge in [-0.3, -0.25) is 0 Å². The fourth-order valence-corrected chi connectivity index (χ4v) is 3.69. The third-order valence-electron chi connectivity index (χ3n) is 6.01. The molecule has 2 saturated heterocycles. The number of rotatable bonds is 0. The van der Waals surface area contributed by atoms with Gasteiger partial charge < -0.3 is 77.1 Å². The Bertz CT molecular complexity index is 352. The van der Waals surface area contributed by atoms with Gasteiger partial charge in [0.05, 0.1) is 0 Å². The van der Waals surface area contributed by atoms with Crippen LogP contribution in [0.25, 0.3) is 0 Å². The van der Waals surface area contributed by atoms with E-state index >= 15 is 0 Å². The van der Waals surface area contributed by atoms with E-state index in [0.717, 1.165) is 131 Å². The van der Waals surface area contributed by atoms with Crippen molar-refractivity contribution in [2.75, 3.05) is 145 Å². The van der Waals surface area contributed by atoms with Crippen LogP contribution in [0.5, 0.6) is 0 Å². The fourth-order valence-electron chi connectivity index (χ4n) is 3.69. The molecule has 0 bridgehead atoms. The Morgan fingerprint density at radius 1 is 0.324 bits per heavy atom. The number of nitrogens with one attached hydrogen (secondary N) is 8. The molecular weight excluding hydrogens is 554 g/mol. The van der Waals surface area contributed by atoms with Crippen LogP contribution in [0, 0.1) is 0 Å². The van der Waals surface area contributed by atoms with Crippen molar-refractivity contribution in [3.63, 3.8) is 0 Å². The van der Waals surface area contributed by atoms with Gasteiger partial charge in [-0.2, -0.15) is 0 Å². The second kappa shape index (κ2) is 34.7. The van der Waals surface area contributed by atoms with Gasteiger partial charge in [-0.25, -0.2) is 0 Å². The van der Waals surface area contributed by atoms with Gasteiger partial charge in [0.25, 0.3) is 0 Å². The molecule has 2 aliphatic heterocycles. The van der Waals surface area contributed by atoms with Gasteiger partial charge in [0.1, 0.15) is 0 Å². The van der Waals surface area contributed by atoms with Gasteiger partial charge in [-0.1, -0.05) is 0 Å². The van der Waals surface area contributed by atoms with Crippen molar-refractivity contribution >= 4 is 0 Å². The van der Waals surface area contributed by atoms with Gasteiger partial charge >= 0.3 is 17.1 Å². The van der Waals surface area contributed by atoms with E-state index in [-0.39, 0.29) is 41.9 Å².